The molecule has 1 N–H and O–H groups in total. The molecule has 1 heterocycles. The van der Waals surface area contributed by atoms with Gasteiger partial charge in [-0.1, -0.05) is 26.0 Å². The number of ether oxygens (including phenoxy) is 1. The van der Waals surface area contributed by atoms with E-state index in [1.54, 1.807) is 0 Å². The van der Waals surface area contributed by atoms with Gasteiger partial charge in [-0.3, -0.25) is 4.79 Å². The van der Waals surface area contributed by atoms with Crippen molar-refractivity contribution in [2.45, 2.75) is 57.8 Å². The Bertz CT molecular complexity index is 620. The lowest BCUT2D eigenvalue weighted by Crippen LogP contribution is -2.52. The first kappa shape index (κ1) is 13.5. The number of hydrogen-bond donors (Lipinski definition) is 1. The molecule has 118 valence electrons. The van der Waals surface area contributed by atoms with Gasteiger partial charge < -0.3 is 9.84 Å². The monoisotopic (exact) mass is 300 g/mol. The molecule has 0 aromatic rings. The van der Waals surface area contributed by atoms with Crippen LogP contribution in [0.1, 0.15) is 39.5 Å². The molecule has 0 spiro atoms. The van der Waals surface area contributed by atoms with E-state index in [4.69, 9.17) is 4.74 Å². The van der Waals surface area contributed by atoms with Crippen molar-refractivity contribution in [1.82, 2.24) is 0 Å². The van der Waals surface area contributed by atoms with Gasteiger partial charge in [0.1, 0.15) is 6.10 Å². The molecule has 8 atom stereocenters. The Labute approximate surface area is 131 Å². The van der Waals surface area contributed by atoms with E-state index < -0.39 is 0 Å². The van der Waals surface area contributed by atoms with Crippen LogP contribution >= 0.6 is 0 Å². The Morgan fingerprint density at radius 3 is 2.91 bits per heavy atom. The van der Waals surface area contributed by atoms with Gasteiger partial charge in [0, 0.05) is 17.8 Å². The topological polar surface area (TPSA) is 49.8 Å². The molecule has 22 heavy (non-hydrogen) atoms. The summed E-state index contributed by atoms with van der Waals surface area (Å²) in [5.74, 6) is 1.79. The number of allylic oxidation sites excluding steroid dienone is 4. The van der Waals surface area contributed by atoms with E-state index in [-0.39, 0.29) is 34.9 Å². The predicted octanol–water partition coefficient (Wildman–Crippen LogP) is 2.64. The van der Waals surface area contributed by atoms with E-state index >= 15 is 0 Å². The third kappa shape index (κ3) is 1.43. The number of epoxide rings is 1. The summed E-state index contributed by atoms with van der Waals surface area (Å²) in [5, 5.41) is 10.6. The Balaban J connectivity index is 1.59. The summed E-state index contributed by atoms with van der Waals surface area (Å²) in [5.41, 5.74) is 1.38. The molecule has 5 rings (SSSR count). The van der Waals surface area contributed by atoms with Crippen LogP contribution in [0.5, 0.6) is 0 Å². The molecule has 5 aliphatic rings. The zero-order chi connectivity index (χ0) is 15.3. The maximum absolute atomic E-state index is 11.8. The van der Waals surface area contributed by atoms with Gasteiger partial charge in [-0.05, 0) is 48.2 Å². The van der Waals surface area contributed by atoms with Crippen molar-refractivity contribution in [2.75, 3.05) is 0 Å². The number of carbonyl (C=O) groups is 1. The van der Waals surface area contributed by atoms with Gasteiger partial charge in [-0.2, -0.15) is 0 Å². The van der Waals surface area contributed by atoms with Gasteiger partial charge >= 0.3 is 0 Å². The molecule has 0 bridgehead atoms. The number of hydrogen-bond acceptors (Lipinski definition) is 3. The molecule has 3 fully saturated rings. The quantitative estimate of drug-likeness (QED) is 0.700. The molecular formula is C19H24O3. The molecule has 0 radical (unpaired) electrons. The number of aliphatic hydroxyl groups is 1. The zero-order valence-electron chi connectivity index (χ0n) is 13.3. The zero-order valence-corrected chi connectivity index (χ0v) is 13.3. The smallest absolute Gasteiger partial charge is 0.156 e. The van der Waals surface area contributed by atoms with Crippen LogP contribution in [-0.2, 0) is 9.53 Å². The van der Waals surface area contributed by atoms with Gasteiger partial charge in [-0.25, -0.2) is 0 Å². The van der Waals surface area contributed by atoms with Gasteiger partial charge in [0.15, 0.2) is 5.78 Å². The molecular weight excluding hydrogens is 276 g/mol. The van der Waals surface area contributed by atoms with Crippen LogP contribution in [0.4, 0.5) is 0 Å². The molecule has 0 aromatic carbocycles. The van der Waals surface area contributed by atoms with Crippen molar-refractivity contribution in [1.29, 1.82) is 0 Å². The Morgan fingerprint density at radius 2 is 2.09 bits per heavy atom. The molecule has 2 saturated carbocycles. The minimum absolute atomic E-state index is 0.0150. The number of ketones is 1. The van der Waals surface area contributed by atoms with Crippen LogP contribution in [0, 0.1) is 28.6 Å². The number of carbonyl (C=O) groups excluding carboxylic acids is 1. The summed E-state index contributed by atoms with van der Waals surface area (Å²) >= 11 is 0. The van der Waals surface area contributed by atoms with Crippen molar-refractivity contribution < 1.29 is 14.6 Å². The fourth-order valence-electron chi connectivity index (χ4n) is 6.30. The SMILES string of the molecule is C[C@]12CC[C@H]3[C@@H](C=CC4=CC(=O)CC[C@@]43C)[C@@H]1[C@@H]1O[C@@H]1[C@@H]2O. The average Bonchev–Trinajstić information content (AvgIpc) is 3.22. The van der Waals surface area contributed by atoms with E-state index in [0.29, 0.717) is 24.2 Å². The third-order valence-corrected chi connectivity index (χ3v) is 7.72. The van der Waals surface area contributed by atoms with Gasteiger partial charge in [0.25, 0.3) is 0 Å². The van der Waals surface area contributed by atoms with Crippen molar-refractivity contribution >= 4 is 5.78 Å². The Morgan fingerprint density at radius 1 is 1.27 bits per heavy atom. The summed E-state index contributed by atoms with van der Waals surface area (Å²) in [6.07, 6.45) is 10.4. The Kier molecular flexibility index (Phi) is 2.42. The molecule has 4 aliphatic carbocycles. The minimum atomic E-state index is -0.297. The fraction of sp³-hybridized carbons (Fsp3) is 0.737. The van der Waals surface area contributed by atoms with E-state index in [2.05, 4.69) is 26.0 Å². The number of fused-ring (bicyclic) bond motifs is 7. The van der Waals surface area contributed by atoms with Crippen molar-refractivity contribution in [3.05, 3.63) is 23.8 Å². The highest BCUT2D eigenvalue weighted by molar-refractivity contribution is 5.92. The maximum Gasteiger partial charge on any atom is 0.156 e. The summed E-state index contributed by atoms with van der Waals surface area (Å²) < 4.78 is 5.78. The lowest BCUT2D eigenvalue weighted by Gasteiger charge is -2.55. The maximum atomic E-state index is 11.8. The summed E-state index contributed by atoms with van der Waals surface area (Å²) in [6.45, 7) is 4.62. The first-order valence-electron chi connectivity index (χ1n) is 8.72. The summed E-state index contributed by atoms with van der Waals surface area (Å²) in [4.78, 5) is 11.8. The highest BCUT2D eigenvalue weighted by atomic mass is 16.6. The largest absolute Gasteiger partial charge is 0.390 e. The summed E-state index contributed by atoms with van der Waals surface area (Å²) in [6, 6.07) is 0. The number of aliphatic hydroxyl groups excluding tert-OH is 1. The van der Waals surface area contributed by atoms with Gasteiger partial charge in [-0.15, -0.1) is 0 Å². The molecule has 0 aromatic heterocycles. The van der Waals surface area contributed by atoms with Crippen LogP contribution in [0.25, 0.3) is 0 Å². The van der Waals surface area contributed by atoms with E-state index in [1.165, 1.54) is 5.57 Å². The molecule has 3 nitrogen and oxygen atoms in total. The highest BCUT2D eigenvalue weighted by Crippen LogP contribution is 2.67. The number of rotatable bonds is 0. The first-order valence-corrected chi connectivity index (χ1v) is 8.72. The highest BCUT2D eigenvalue weighted by Gasteiger charge is 2.71. The van der Waals surface area contributed by atoms with Crippen LogP contribution < -0.4 is 0 Å². The molecule has 0 amide bonds. The second-order valence-corrected chi connectivity index (χ2v) is 8.61. The third-order valence-electron chi connectivity index (χ3n) is 7.72. The van der Waals surface area contributed by atoms with E-state index in [0.717, 1.165) is 19.3 Å². The summed E-state index contributed by atoms with van der Waals surface area (Å²) in [7, 11) is 0. The molecule has 1 aliphatic heterocycles. The predicted molar refractivity (Wildman–Crippen MR) is 82.0 cm³/mol. The second-order valence-electron chi connectivity index (χ2n) is 8.61. The Hall–Kier alpha value is -0.930. The minimum Gasteiger partial charge on any atom is -0.390 e. The van der Waals surface area contributed by atoms with Crippen LogP contribution in [0.15, 0.2) is 23.8 Å². The fourth-order valence-corrected chi connectivity index (χ4v) is 6.30. The van der Waals surface area contributed by atoms with Crippen molar-refractivity contribution in [2.24, 2.45) is 28.6 Å². The van der Waals surface area contributed by atoms with Crippen LogP contribution in [0.2, 0.25) is 0 Å². The van der Waals surface area contributed by atoms with E-state index in [9.17, 15) is 9.90 Å². The molecule has 3 heteroatoms. The van der Waals surface area contributed by atoms with Gasteiger partial charge in [0.2, 0.25) is 0 Å². The lowest BCUT2D eigenvalue weighted by molar-refractivity contribution is -0.117. The molecule has 1 saturated heterocycles. The molecule has 0 unspecified atom stereocenters. The van der Waals surface area contributed by atoms with Gasteiger partial charge in [0.05, 0.1) is 12.2 Å². The standard InChI is InChI=1S/C19H24O3/c1-18-7-5-11(20)9-10(18)3-4-12-13(18)6-8-19(2)14(12)15-16(22-15)17(19)21/h3-4,9,12-17,21H,5-8H2,1-2H3/t12-,13+,14-,15+,16+,17+,18+,19+/m1/s1. The first-order chi connectivity index (χ1) is 10.4. The normalized spacial score (nSPS) is 58.3. The van der Waals surface area contributed by atoms with Crippen LogP contribution in [-0.4, -0.2) is 29.2 Å². The van der Waals surface area contributed by atoms with Crippen LogP contribution in [0.3, 0.4) is 0 Å². The average molecular weight is 300 g/mol. The second kappa shape index (κ2) is 3.93. The lowest BCUT2D eigenvalue weighted by atomic mass is 9.49. The van der Waals surface area contributed by atoms with Crippen molar-refractivity contribution in [3.8, 4) is 0 Å². The van der Waals surface area contributed by atoms with E-state index in [1.807, 2.05) is 6.08 Å². The van der Waals surface area contributed by atoms with Crippen molar-refractivity contribution in [3.63, 3.8) is 0 Å².